The lowest BCUT2D eigenvalue weighted by molar-refractivity contribution is 0.414. The molecule has 0 fully saturated rings. The van der Waals surface area contributed by atoms with E-state index in [4.69, 9.17) is 10.5 Å². The van der Waals surface area contributed by atoms with Gasteiger partial charge in [-0.2, -0.15) is 5.10 Å². The van der Waals surface area contributed by atoms with Crippen LogP contribution in [0.5, 0.6) is 5.75 Å². The molecule has 0 radical (unpaired) electrons. The molecule has 0 aliphatic heterocycles. The number of benzene rings is 2. The molecule has 1 heterocycles. The van der Waals surface area contributed by atoms with Gasteiger partial charge in [-0.3, -0.25) is 4.68 Å². The van der Waals surface area contributed by atoms with Gasteiger partial charge in [-0.1, -0.05) is 30.3 Å². The highest BCUT2D eigenvalue weighted by atomic mass is 16.5. The van der Waals surface area contributed by atoms with E-state index in [1.807, 2.05) is 28.9 Å². The molecule has 4 nitrogen and oxygen atoms in total. The number of nitrogens with two attached hydrogens (primary N) is 1. The highest BCUT2D eigenvalue weighted by molar-refractivity contribution is 5.81. The molecule has 0 saturated heterocycles. The predicted molar refractivity (Wildman–Crippen MR) is 84.3 cm³/mol. The molecule has 0 spiro atoms. The van der Waals surface area contributed by atoms with Crippen LogP contribution in [0.15, 0.2) is 48.5 Å². The van der Waals surface area contributed by atoms with Gasteiger partial charge in [-0.15, -0.1) is 0 Å². The summed E-state index contributed by atoms with van der Waals surface area (Å²) in [5, 5.41) is 5.77. The van der Waals surface area contributed by atoms with E-state index in [0.717, 1.165) is 35.3 Å². The molecular weight excluding hydrogens is 262 g/mol. The molecule has 108 valence electrons. The standard InChI is InChI=1S/C17H19N3O/c1-21-14-8-6-13(7-9-14)10-11-20-17-5-3-2-4-15(17)16(12-18)19-20/h2-9H,10-12,18H2,1H3. The van der Waals surface area contributed by atoms with Gasteiger partial charge in [0.2, 0.25) is 0 Å². The topological polar surface area (TPSA) is 53.1 Å². The third-order valence-electron chi connectivity index (χ3n) is 3.70. The SMILES string of the molecule is COc1ccc(CCn2nc(CN)c3ccccc32)cc1. The van der Waals surface area contributed by atoms with E-state index in [1.165, 1.54) is 5.56 Å². The summed E-state index contributed by atoms with van der Waals surface area (Å²) in [7, 11) is 1.68. The lowest BCUT2D eigenvalue weighted by Gasteiger charge is -2.05. The molecule has 1 aromatic heterocycles. The minimum atomic E-state index is 0.468. The second-order valence-corrected chi connectivity index (χ2v) is 4.99. The van der Waals surface area contributed by atoms with Crippen LogP contribution in [0.4, 0.5) is 0 Å². The van der Waals surface area contributed by atoms with Crippen molar-refractivity contribution in [3.05, 3.63) is 59.8 Å². The Kier molecular flexibility index (Phi) is 3.88. The summed E-state index contributed by atoms with van der Waals surface area (Å²) < 4.78 is 7.22. The first-order chi connectivity index (χ1) is 10.3. The summed E-state index contributed by atoms with van der Waals surface area (Å²) in [6, 6.07) is 16.4. The van der Waals surface area contributed by atoms with Gasteiger partial charge in [-0.25, -0.2) is 0 Å². The highest BCUT2D eigenvalue weighted by Gasteiger charge is 2.08. The molecule has 3 aromatic rings. The monoisotopic (exact) mass is 281 g/mol. The van der Waals surface area contributed by atoms with E-state index in [9.17, 15) is 0 Å². The molecule has 2 N–H and O–H groups in total. The minimum absolute atomic E-state index is 0.468. The van der Waals surface area contributed by atoms with Gasteiger partial charge in [-0.05, 0) is 30.2 Å². The van der Waals surface area contributed by atoms with Crippen LogP contribution in [0.1, 0.15) is 11.3 Å². The molecule has 0 unspecified atom stereocenters. The molecule has 0 atom stereocenters. The van der Waals surface area contributed by atoms with Crippen LogP contribution in [0.3, 0.4) is 0 Å². The van der Waals surface area contributed by atoms with E-state index in [2.05, 4.69) is 29.4 Å². The first-order valence-corrected chi connectivity index (χ1v) is 7.09. The number of methoxy groups -OCH3 is 1. The fourth-order valence-corrected chi connectivity index (χ4v) is 2.54. The number of hydrogen-bond donors (Lipinski definition) is 1. The third kappa shape index (κ3) is 2.76. The zero-order valence-electron chi connectivity index (χ0n) is 12.1. The van der Waals surface area contributed by atoms with Crippen molar-refractivity contribution in [3.63, 3.8) is 0 Å². The molecule has 4 heteroatoms. The van der Waals surface area contributed by atoms with Crippen molar-refractivity contribution >= 4 is 10.9 Å². The molecule has 0 saturated carbocycles. The fourth-order valence-electron chi connectivity index (χ4n) is 2.54. The van der Waals surface area contributed by atoms with Crippen molar-refractivity contribution in [3.8, 4) is 5.75 Å². The van der Waals surface area contributed by atoms with Crippen LogP contribution >= 0.6 is 0 Å². The van der Waals surface area contributed by atoms with Gasteiger partial charge in [0.15, 0.2) is 0 Å². The number of nitrogens with zero attached hydrogens (tertiary/aromatic N) is 2. The van der Waals surface area contributed by atoms with E-state index < -0.39 is 0 Å². The maximum Gasteiger partial charge on any atom is 0.118 e. The maximum absolute atomic E-state index is 5.78. The maximum atomic E-state index is 5.78. The van der Waals surface area contributed by atoms with Crippen LogP contribution in [0.2, 0.25) is 0 Å². The Hall–Kier alpha value is -2.33. The molecule has 0 amide bonds. The molecule has 0 bridgehead atoms. The molecular formula is C17H19N3O. The number of para-hydroxylation sites is 1. The Bertz CT molecular complexity index is 731. The summed E-state index contributed by atoms with van der Waals surface area (Å²) in [5.41, 5.74) is 9.15. The zero-order chi connectivity index (χ0) is 14.7. The average molecular weight is 281 g/mol. The summed E-state index contributed by atoms with van der Waals surface area (Å²) >= 11 is 0. The van der Waals surface area contributed by atoms with Crippen LogP contribution in [-0.4, -0.2) is 16.9 Å². The van der Waals surface area contributed by atoms with Crippen molar-refractivity contribution in [1.82, 2.24) is 9.78 Å². The Labute approximate surface area is 124 Å². The second-order valence-electron chi connectivity index (χ2n) is 4.99. The summed E-state index contributed by atoms with van der Waals surface area (Å²) in [6.45, 7) is 1.31. The number of fused-ring (bicyclic) bond motifs is 1. The lowest BCUT2D eigenvalue weighted by Crippen LogP contribution is -2.05. The van der Waals surface area contributed by atoms with E-state index >= 15 is 0 Å². The van der Waals surface area contributed by atoms with E-state index in [0.29, 0.717) is 6.54 Å². The van der Waals surface area contributed by atoms with Gasteiger partial charge in [0.1, 0.15) is 5.75 Å². The number of aryl methyl sites for hydroxylation is 2. The average Bonchev–Trinajstić information content (AvgIpc) is 2.91. The van der Waals surface area contributed by atoms with Crippen LogP contribution in [-0.2, 0) is 19.5 Å². The molecule has 3 rings (SSSR count). The number of aromatic nitrogens is 2. The van der Waals surface area contributed by atoms with Crippen molar-refractivity contribution in [2.24, 2.45) is 5.73 Å². The first kappa shape index (κ1) is 13.6. The molecule has 21 heavy (non-hydrogen) atoms. The van der Waals surface area contributed by atoms with Gasteiger partial charge in [0.05, 0.1) is 18.3 Å². The van der Waals surface area contributed by atoms with Gasteiger partial charge in [0.25, 0.3) is 0 Å². The van der Waals surface area contributed by atoms with Crippen LogP contribution < -0.4 is 10.5 Å². The number of rotatable bonds is 5. The Morgan fingerprint density at radius 3 is 2.57 bits per heavy atom. The summed E-state index contributed by atoms with van der Waals surface area (Å²) in [4.78, 5) is 0. The second kappa shape index (κ2) is 5.97. The van der Waals surface area contributed by atoms with Crippen molar-refractivity contribution in [1.29, 1.82) is 0 Å². The van der Waals surface area contributed by atoms with E-state index in [-0.39, 0.29) is 0 Å². The van der Waals surface area contributed by atoms with Crippen molar-refractivity contribution < 1.29 is 4.74 Å². The molecule has 0 aliphatic carbocycles. The Morgan fingerprint density at radius 1 is 1.10 bits per heavy atom. The minimum Gasteiger partial charge on any atom is -0.497 e. The first-order valence-electron chi connectivity index (χ1n) is 7.09. The zero-order valence-corrected chi connectivity index (χ0v) is 12.1. The molecule has 2 aromatic carbocycles. The van der Waals surface area contributed by atoms with Crippen molar-refractivity contribution in [2.45, 2.75) is 19.5 Å². The third-order valence-corrected chi connectivity index (χ3v) is 3.70. The smallest absolute Gasteiger partial charge is 0.118 e. The summed E-state index contributed by atoms with van der Waals surface area (Å²) in [6.07, 6.45) is 0.930. The van der Waals surface area contributed by atoms with Crippen LogP contribution in [0.25, 0.3) is 10.9 Å². The van der Waals surface area contributed by atoms with Gasteiger partial charge in [0, 0.05) is 18.5 Å². The quantitative estimate of drug-likeness (QED) is 0.782. The largest absolute Gasteiger partial charge is 0.497 e. The van der Waals surface area contributed by atoms with Crippen molar-refractivity contribution in [2.75, 3.05) is 7.11 Å². The van der Waals surface area contributed by atoms with Gasteiger partial charge < -0.3 is 10.5 Å². The Balaban J connectivity index is 1.81. The van der Waals surface area contributed by atoms with Gasteiger partial charge >= 0.3 is 0 Å². The molecule has 0 aliphatic rings. The Morgan fingerprint density at radius 2 is 1.86 bits per heavy atom. The highest BCUT2D eigenvalue weighted by Crippen LogP contribution is 2.19. The lowest BCUT2D eigenvalue weighted by atomic mass is 10.1. The van der Waals surface area contributed by atoms with Crippen LogP contribution in [0, 0.1) is 0 Å². The van der Waals surface area contributed by atoms with E-state index in [1.54, 1.807) is 7.11 Å². The fraction of sp³-hybridized carbons (Fsp3) is 0.235. The normalized spacial score (nSPS) is 11.0. The predicted octanol–water partition coefficient (Wildman–Crippen LogP) is 2.75. The summed E-state index contributed by atoms with van der Waals surface area (Å²) in [5.74, 6) is 0.883. The number of hydrogen-bond acceptors (Lipinski definition) is 3. The number of ether oxygens (including phenoxy) is 1.